The number of aliphatic hydroxyl groups excluding tert-OH is 2. The van der Waals surface area contributed by atoms with Crippen LogP contribution in [0.3, 0.4) is 0 Å². The maximum absolute atomic E-state index is 10.4. The number of aliphatic hydroxyl groups is 2. The van der Waals surface area contributed by atoms with Crippen LogP contribution in [0.5, 0.6) is 11.5 Å². The summed E-state index contributed by atoms with van der Waals surface area (Å²) in [4.78, 5) is 1.89. The molecule has 0 saturated heterocycles. The Bertz CT molecular complexity index is 553. The number of methoxy groups -OCH3 is 2. The fourth-order valence-corrected chi connectivity index (χ4v) is 2.27. The van der Waals surface area contributed by atoms with Crippen LogP contribution in [0.25, 0.3) is 0 Å². The molecule has 0 aliphatic carbocycles. The van der Waals surface area contributed by atoms with E-state index in [1.807, 2.05) is 18.0 Å². The van der Waals surface area contributed by atoms with Gasteiger partial charge in [0.1, 0.15) is 5.76 Å². The molecule has 0 spiro atoms. The lowest BCUT2D eigenvalue weighted by Gasteiger charge is -2.31. The normalized spacial score (nSPS) is 19.1. The first-order chi connectivity index (χ1) is 10.1. The van der Waals surface area contributed by atoms with Gasteiger partial charge in [0.15, 0.2) is 11.5 Å². The Morgan fingerprint density at radius 3 is 2.62 bits per heavy atom. The van der Waals surface area contributed by atoms with Crippen LogP contribution >= 0.6 is 0 Å². The second kappa shape index (κ2) is 6.54. The Hall–Kier alpha value is -2.14. The molecular weight excluding hydrogens is 270 g/mol. The highest BCUT2D eigenvalue weighted by molar-refractivity contribution is 5.43. The van der Waals surface area contributed by atoms with Crippen molar-refractivity contribution in [2.45, 2.75) is 19.1 Å². The third-order valence-corrected chi connectivity index (χ3v) is 3.65. The zero-order valence-corrected chi connectivity index (χ0v) is 12.5. The number of allylic oxidation sites excluding steroid dienone is 2. The van der Waals surface area contributed by atoms with Gasteiger partial charge in [-0.05, 0) is 43.0 Å². The minimum Gasteiger partial charge on any atom is -0.510 e. The van der Waals surface area contributed by atoms with E-state index in [4.69, 9.17) is 9.47 Å². The van der Waals surface area contributed by atoms with Crippen LogP contribution in [-0.2, 0) is 0 Å². The summed E-state index contributed by atoms with van der Waals surface area (Å²) in [6.45, 7) is 2.27. The average molecular weight is 291 g/mol. The molecule has 5 nitrogen and oxygen atoms in total. The second-order valence-corrected chi connectivity index (χ2v) is 4.94. The monoisotopic (exact) mass is 291 g/mol. The highest BCUT2D eigenvalue weighted by Gasteiger charge is 2.21. The van der Waals surface area contributed by atoms with E-state index in [2.05, 4.69) is 0 Å². The largest absolute Gasteiger partial charge is 0.510 e. The standard InChI is InChI=1S/C16H21NO4/c1-11-13(18)5-4-8-17(11)10-14(19)12-6-7-15(20-2)16(9-12)21-3/h4-9,11,14,18-19H,10H2,1-3H3/t11-,14?/m1/s1. The summed E-state index contributed by atoms with van der Waals surface area (Å²) >= 11 is 0. The molecule has 1 aromatic carbocycles. The molecule has 1 unspecified atom stereocenters. The lowest BCUT2D eigenvalue weighted by molar-refractivity contribution is 0.115. The van der Waals surface area contributed by atoms with Crippen LogP contribution in [0.15, 0.2) is 42.3 Å². The quantitative estimate of drug-likeness (QED) is 0.872. The molecule has 1 aliphatic heterocycles. The van der Waals surface area contributed by atoms with Gasteiger partial charge in [-0.25, -0.2) is 0 Å². The van der Waals surface area contributed by atoms with Gasteiger partial charge in [0.05, 0.1) is 26.4 Å². The summed E-state index contributed by atoms with van der Waals surface area (Å²) in [5.74, 6) is 1.50. The van der Waals surface area contributed by atoms with Crippen LogP contribution in [-0.4, -0.2) is 41.9 Å². The molecule has 1 heterocycles. The van der Waals surface area contributed by atoms with Gasteiger partial charge in [-0.2, -0.15) is 0 Å². The van der Waals surface area contributed by atoms with Crippen molar-refractivity contribution >= 4 is 0 Å². The lowest BCUT2D eigenvalue weighted by Crippen LogP contribution is -2.34. The molecule has 114 valence electrons. The van der Waals surface area contributed by atoms with Gasteiger partial charge in [-0.1, -0.05) is 6.07 Å². The van der Waals surface area contributed by atoms with Crippen LogP contribution in [0, 0.1) is 0 Å². The van der Waals surface area contributed by atoms with Crippen molar-refractivity contribution in [1.82, 2.24) is 4.90 Å². The van der Waals surface area contributed by atoms with E-state index in [0.29, 0.717) is 18.0 Å². The van der Waals surface area contributed by atoms with E-state index in [1.165, 1.54) is 0 Å². The first kappa shape index (κ1) is 15.3. The average Bonchev–Trinajstić information content (AvgIpc) is 2.51. The van der Waals surface area contributed by atoms with Crippen molar-refractivity contribution in [1.29, 1.82) is 0 Å². The summed E-state index contributed by atoms with van der Waals surface area (Å²) < 4.78 is 10.4. The number of ether oxygens (including phenoxy) is 2. The zero-order valence-electron chi connectivity index (χ0n) is 12.5. The number of rotatable bonds is 5. The first-order valence-corrected chi connectivity index (χ1v) is 6.80. The maximum atomic E-state index is 10.4. The molecule has 1 aliphatic rings. The minimum atomic E-state index is -0.692. The summed E-state index contributed by atoms with van der Waals surface area (Å²) in [6, 6.07) is 5.19. The van der Waals surface area contributed by atoms with Crippen molar-refractivity contribution in [3.8, 4) is 11.5 Å². The van der Waals surface area contributed by atoms with Crippen molar-refractivity contribution in [2.24, 2.45) is 0 Å². The number of nitrogens with zero attached hydrogens (tertiary/aromatic N) is 1. The smallest absolute Gasteiger partial charge is 0.161 e. The molecule has 0 bridgehead atoms. The summed E-state index contributed by atoms with van der Waals surface area (Å²) in [6.07, 6.45) is 4.58. The van der Waals surface area contributed by atoms with E-state index in [-0.39, 0.29) is 11.8 Å². The molecule has 0 fully saturated rings. The molecular formula is C16H21NO4. The molecule has 0 saturated carbocycles. The highest BCUT2D eigenvalue weighted by atomic mass is 16.5. The van der Waals surface area contributed by atoms with Crippen molar-refractivity contribution in [3.05, 3.63) is 47.9 Å². The van der Waals surface area contributed by atoms with E-state index in [9.17, 15) is 10.2 Å². The molecule has 1 aromatic rings. The zero-order chi connectivity index (χ0) is 15.4. The van der Waals surface area contributed by atoms with Crippen molar-refractivity contribution in [2.75, 3.05) is 20.8 Å². The summed E-state index contributed by atoms with van der Waals surface area (Å²) in [5, 5.41) is 20.1. The van der Waals surface area contributed by atoms with Crippen molar-refractivity contribution in [3.63, 3.8) is 0 Å². The molecule has 2 atom stereocenters. The molecule has 5 heteroatoms. The summed E-state index contributed by atoms with van der Waals surface area (Å²) in [5.41, 5.74) is 0.738. The minimum absolute atomic E-state index is 0.148. The Morgan fingerprint density at radius 2 is 1.95 bits per heavy atom. The highest BCUT2D eigenvalue weighted by Crippen LogP contribution is 2.30. The fraction of sp³-hybridized carbons (Fsp3) is 0.375. The topological polar surface area (TPSA) is 62.2 Å². The fourth-order valence-electron chi connectivity index (χ4n) is 2.27. The van der Waals surface area contributed by atoms with Gasteiger partial charge in [-0.3, -0.25) is 0 Å². The Kier molecular flexibility index (Phi) is 4.75. The van der Waals surface area contributed by atoms with Crippen LogP contribution in [0.1, 0.15) is 18.6 Å². The van der Waals surface area contributed by atoms with Gasteiger partial charge < -0.3 is 24.6 Å². The van der Waals surface area contributed by atoms with Crippen molar-refractivity contribution < 1.29 is 19.7 Å². The number of hydrogen-bond donors (Lipinski definition) is 2. The van der Waals surface area contributed by atoms with E-state index < -0.39 is 6.10 Å². The van der Waals surface area contributed by atoms with Gasteiger partial charge in [0.2, 0.25) is 0 Å². The molecule has 2 N–H and O–H groups in total. The Morgan fingerprint density at radius 1 is 1.24 bits per heavy atom. The van der Waals surface area contributed by atoms with Gasteiger partial charge >= 0.3 is 0 Å². The van der Waals surface area contributed by atoms with E-state index >= 15 is 0 Å². The van der Waals surface area contributed by atoms with E-state index in [0.717, 1.165) is 5.56 Å². The Balaban J connectivity index is 2.12. The molecule has 0 radical (unpaired) electrons. The Labute approximate surface area is 124 Å². The second-order valence-electron chi connectivity index (χ2n) is 4.94. The predicted octanol–water partition coefficient (Wildman–Crippen LogP) is 2.40. The first-order valence-electron chi connectivity index (χ1n) is 6.80. The molecule has 21 heavy (non-hydrogen) atoms. The van der Waals surface area contributed by atoms with Crippen LogP contribution in [0.2, 0.25) is 0 Å². The summed E-state index contributed by atoms with van der Waals surface area (Å²) in [7, 11) is 3.13. The van der Waals surface area contributed by atoms with Crippen LogP contribution < -0.4 is 9.47 Å². The molecule has 0 amide bonds. The number of benzene rings is 1. The van der Waals surface area contributed by atoms with Gasteiger partial charge in [-0.15, -0.1) is 0 Å². The van der Waals surface area contributed by atoms with Crippen LogP contribution in [0.4, 0.5) is 0 Å². The number of hydrogen-bond acceptors (Lipinski definition) is 5. The predicted molar refractivity (Wildman–Crippen MR) is 80.5 cm³/mol. The third-order valence-electron chi connectivity index (χ3n) is 3.65. The molecule has 2 rings (SSSR count). The van der Waals surface area contributed by atoms with Gasteiger partial charge in [0, 0.05) is 6.54 Å². The lowest BCUT2D eigenvalue weighted by atomic mass is 10.1. The maximum Gasteiger partial charge on any atom is 0.161 e. The third kappa shape index (κ3) is 3.31. The van der Waals surface area contributed by atoms with Gasteiger partial charge in [0.25, 0.3) is 0 Å². The SMILES string of the molecule is COc1ccc(C(O)CN2C=CC=C(O)[C@H]2C)cc1OC. The number of β-amino-alcohol motifs (C(OH)–C–C–N with tert-alkyl or cyclic N) is 1. The van der Waals surface area contributed by atoms with E-state index in [1.54, 1.807) is 44.6 Å². The molecule has 0 aromatic heterocycles.